The minimum absolute atomic E-state index is 0.0256. The van der Waals surface area contributed by atoms with Crippen molar-refractivity contribution in [2.45, 2.75) is 38.9 Å². The summed E-state index contributed by atoms with van der Waals surface area (Å²) in [4.78, 5) is 9.70. The third-order valence-corrected chi connectivity index (χ3v) is 4.88. The minimum atomic E-state index is -4.59. The van der Waals surface area contributed by atoms with Gasteiger partial charge in [-0.25, -0.2) is 4.98 Å². The fourth-order valence-electron chi connectivity index (χ4n) is 3.54. The number of nitrogens with zero attached hydrogens (tertiary/aromatic N) is 5. The molecule has 0 saturated carbocycles. The van der Waals surface area contributed by atoms with E-state index in [1.54, 1.807) is 13.0 Å². The molecule has 0 atom stereocenters. The number of fused-ring (bicyclic) bond motifs is 1. The second kappa shape index (κ2) is 6.96. The van der Waals surface area contributed by atoms with Crippen LogP contribution in [0, 0.1) is 13.8 Å². The smallest absolute Gasteiger partial charge is 0.382 e. The number of aromatic nitrogens is 4. The highest BCUT2D eigenvalue weighted by Crippen LogP contribution is 2.28. The lowest BCUT2D eigenvalue weighted by atomic mass is 10.0. The minimum Gasteiger partial charge on any atom is -0.382 e. The van der Waals surface area contributed by atoms with Gasteiger partial charge in [-0.1, -0.05) is 12.1 Å². The van der Waals surface area contributed by atoms with Gasteiger partial charge < -0.3 is 10.2 Å². The Balaban J connectivity index is 1.52. The maximum absolute atomic E-state index is 13.0. The van der Waals surface area contributed by atoms with Gasteiger partial charge in [0, 0.05) is 36.6 Å². The van der Waals surface area contributed by atoms with E-state index < -0.39 is 12.0 Å². The van der Waals surface area contributed by atoms with Gasteiger partial charge in [-0.3, -0.25) is 0 Å². The second-order valence-electron chi connectivity index (χ2n) is 7.18. The Morgan fingerprint density at radius 1 is 1.07 bits per heavy atom. The summed E-state index contributed by atoms with van der Waals surface area (Å²) in [6.45, 7) is 5.22. The van der Waals surface area contributed by atoms with Gasteiger partial charge in [0.15, 0.2) is 0 Å². The molecule has 1 fully saturated rings. The molecule has 1 aliphatic heterocycles. The van der Waals surface area contributed by atoms with Crippen LogP contribution in [0.2, 0.25) is 0 Å². The van der Waals surface area contributed by atoms with Crippen LogP contribution in [-0.4, -0.2) is 38.7 Å². The third kappa shape index (κ3) is 3.74. The van der Waals surface area contributed by atoms with E-state index in [0.29, 0.717) is 30.6 Å². The molecule has 4 rings (SSSR count). The van der Waals surface area contributed by atoms with Crippen LogP contribution in [0.5, 0.6) is 0 Å². The molecule has 28 heavy (non-hydrogen) atoms. The Hall–Kier alpha value is -2.84. The first kappa shape index (κ1) is 18.5. The molecule has 1 aromatic carbocycles. The summed E-state index contributed by atoms with van der Waals surface area (Å²) < 4.78 is 40.2. The van der Waals surface area contributed by atoms with Crippen molar-refractivity contribution in [2.24, 2.45) is 0 Å². The summed E-state index contributed by atoms with van der Waals surface area (Å²) in [5, 5.41) is 7.20. The maximum Gasteiger partial charge on any atom is 0.453 e. The fraction of sp³-hybridized carbons (Fsp3) is 0.421. The van der Waals surface area contributed by atoms with Crippen molar-refractivity contribution in [1.29, 1.82) is 0 Å². The first-order chi connectivity index (χ1) is 13.3. The van der Waals surface area contributed by atoms with Crippen LogP contribution in [0.25, 0.3) is 5.78 Å². The van der Waals surface area contributed by atoms with E-state index in [0.717, 1.165) is 18.5 Å². The molecule has 1 saturated heterocycles. The lowest BCUT2D eigenvalue weighted by Crippen LogP contribution is -2.40. The lowest BCUT2D eigenvalue weighted by Gasteiger charge is -2.34. The van der Waals surface area contributed by atoms with E-state index in [9.17, 15) is 13.2 Å². The Morgan fingerprint density at radius 3 is 2.50 bits per heavy atom. The van der Waals surface area contributed by atoms with Gasteiger partial charge in [-0.2, -0.15) is 22.7 Å². The van der Waals surface area contributed by atoms with Crippen LogP contribution in [0.4, 0.5) is 24.7 Å². The highest BCUT2D eigenvalue weighted by molar-refractivity contribution is 5.49. The van der Waals surface area contributed by atoms with Crippen LogP contribution in [0.3, 0.4) is 0 Å². The number of hydrogen-bond acceptors (Lipinski definition) is 5. The molecule has 6 nitrogen and oxygen atoms in total. The van der Waals surface area contributed by atoms with Crippen LogP contribution in [0.1, 0.15) is 29.9 Å². The average molecular weight is 390 g/mol. The van der Waals surface area contributed by atoms with Crippen molar-refractivity contribution in [1.82, 2.24) is 19.6 Å². The molecule has 0 aliphatic carbocycles. The number of hydrogen-bond donors (Lipinski definition) is 1. The third-order valence-electron chi connectivity index (χ3n) is 4.88. The molecule has 1 aliphatic rings. The largest absolute Gasteiger partial charge is 0.453 e. The van der Waals surface area contributed by atoms with Crippen molar-refractivity contribution < 1.29 is 13.2 Å². The van der Waals surface area contributed by atoms with Crippen LogP contribution in [-0.2, 0) is 6.18 Å². The van der Waals surface area contributed by atoms with E-state index in [4.69, 9.17) is 0 Å². The average Bonchev–Trinajstić information content (AvgIpc) is 3.06. The molecule has 2 aromatic heterocycles. The van der Waals surface area contributed by atoms with Gasteiger partial charge in [0.25, 0.3) is 11.6 Å². The van der Waals surface area contributed by atoms with Gasteiger partial charge in [0.2, 0.25) is 0 Å². The van der Waals surface area contributed by atoms with Gasteiger partial charge in [-0.15, -0.1) is 5.10 Å². The Kier molecular flexibility index (Phi) is 4.60. The lowest BCUT2D eigenvalue weighted by molar-refractivity contribution is -0.144. The number of benzene rings is 1. The Morgan fingerprint density at radius 2 is 1.82 bits per heavy atom. The van der Waals surface area contributed by atoms with Crippen molar-refractivity contribution >= 4 is 17.3 Å². The topological polar surface area (TPSA) is 58.3 Å². The molecule has 0 bridgehead atoms. The zero-order valence-corrected chi connectivity index (χ0v) is 15.7. The number of anilines is 2. The molecule has 0 radical (unpaired) electrons. The number of rotatable bonds is 3. The van der Waals surface area contributed by atoms with Gasteiger partial charge in [0.1, 0.15) is 5.82 Å². The van der Waals surface area contributed by atoms with E-state index in [1.165, 1.54) is 10.1 Å². The second-order valence-corrected chi connectivity index (χ2v) is 7.18. The monoisotopic (exact) mass is 390 g/mol. The zero-order valence-electron chi connectivity index (χ0n) is 15.7. The summed E-state index contributed by atoms with van der Waals surface area (Å²) in [7, 11) is 0. The summed E-state index contributed by atoms with van der Waals surface area (Å²) in [6.07, 6.45) is -2.85. The van der Waals surface area contributed by atoms with Gasteiger partial charge in [-0.05, 0) is 44.4 Å². The predicted octanol–water partition coefficient (Wildman–Crippen LogP) is 3.84. The number of nitrogens with one attached hydrogen (secondary N) is 1. The van der Waals surface area contributed by atoms with E-state index in [2.05, 4.69) is 39.4 Å². The molecule has 3 heterocycles. The van der Waals surface area contributed by atoms with Gasteiger partial charge >= 0.3 is 6.18 Å². The summed E-state index contributed by atoms with van der Waals surface area (Å²) in [5.74, 6) is -0.593. The number of halogens is 3. The molecule has 1 N–H and O–H groups in total. The molecule has 0 amide bonds. The standard InChI is InChI=1S/C19H21F3N6/c1-12-4-3-5-15(10-12)24-14-6-8-27(9-7-14)16-11-13(2)23-18-25-17(19(20,21)22)26-28(16)18/h3-5,10-11,14,24H,6-9H2,1-2H3. The molecule has 3 aromatic rings. The van der Waals surface area contributed by atoms with Crippen molar-refractivity contribution in [3.63, 3.8) is 0 Å². The molecule has 0 unspecified atom stereocenters. The first-order valence-corrected chi connectivity index (χ1v) is 9.19. The van der Waals surface area contributed by atoms with Crippen LogP contribution < -0.4 is 10.2 Å². The van der Waals surface area contributed by atoms with Crippen molar-refractivity contribution in [2.75, 3.05) is 23.3 Å². The molecule has 9 heteroatoms. The summed E-state index contributed by atoms with van der Waals surface area (Å²) in [5.41, 5.74) is 2.90. The van der Waals surface area contributed by atoms with Crippen molar-refractivity contribution in [3.05, 3.63) is 47.4 Å². The Bertz CT molecular complexity index is 989. The molecular formula is C19H21F3N6. The first-order valence-electron chi connectivity index (χ1n) is 9.19. The summed E-state index contributed by atoms with van der Waals surface area (Å²) >= 11 is 0. The van der Waals surface area contributed by atoms with E-state index >= 15 is 0 Å². The summed E-state index contributed by atoms with van der Waals surface area (Å²) in [6, 6.07) is 10.3. The Labute approximate surface area is 160 Å². The predicted molar refractivity (Wildman–Crippen MR) is 101 cm³/mol. The number of aryl methyl sites for hydroxylation is 2. The fourth-order valence-corrected chi connectivity index (χ4v) is 3.54. The van der Waals surface area contributed by atoms with Crippen molar-refractivity contribution in [3.8, 4) is 0 Å². The quantitative estimate of drug-likeness (QED) is 0.736. The molecule has 0 spiro atoms. The van der Waals surface area contributed by atoms with Gasteiger partial charge in [0.05, 0.1) is 0 Å². The number of piperidine rings is 1. The van der Waals surface area contributed by atoms with Crippen LogP contribution in [0.15, 0.2) is 30.3 Å². The normalized spacial score (nSPS) is 16.0. The van der Waals surface area contributed by atoms with E-state index in [1.807, 2.05) is 17.0 Å². The molecule has 148 valence electrons. The maximum atomic E-state index is 13.0. The number of alkyl halides is 3. The zero-order chi connectivity index (χ0) is 19.9. The molecular weight excluding hydrogens is 369 g/mol. The van der Waals surface area contributed by atoms with Crippen LogP contribution >= 0.6 is 0 Å². The van der Waals surface area contributed by atoms with E-state index in [-0.39, 0.29) is 5.78 Å². The highest BCUT2D eigenvalue weighted by atomic mass is 19.4. The SMILES string of the molecule is Cc1cccc(NC2CCN(c3cc(C)nc4nc(C(F)(F)F)nn34)CC2)c1. The highest BCUT2D eigenvalue weighted by Gasteiger charge is 2.37.